The number of hydrogen-bond donors (Lipinski definition) is 1. The lowest BCUT2D eigenvalue weighted by molar-refractivity contribution is -0.129. The van der Waals surface area contributed by atoms with Crippen LogP contribution in [-0.4, -0.2) is 24.5 Å². The average molecular weight is 241 g/mol. The highest BCUT2D eigenvalue weighted by Crippen LogP contribution is 2.10. The maximum absolute atomic E-state index is 11.2. The van der Waals surface area contributed by atoms with Crippen molar-refractivity contribution in [3.8, 4) is 0 Å². The van der Waals surface area contributed by atoms with E-state index in [0.29, 0.717) is 6.61 Å². The Morgan fingerprint density at radius 3 is 2.35 bits per heavy atom. The van der Waals surface area contributed by atoms with Crippen LogP contribution in [0.3, 0.4) is 0 Å². The summed E-state index contributed by atoms with van der Waals surface area (Å²) >= 11 is 0. The number of unbranched alkanes of at least 4 members (excludes halogenated alkanes) is 6. The number of carbonyl (C=O) groups excluding carboxylic acids is 2. The van der Waals surface area contributed by atoms with E-state index in [1.54, 1.807) is 0 Å². The van der Waals surface area contributed by atoms with Crippen molar-refractivity contribution in [3.63, 3.8) is 0 Å². The number of hydrogen-bond acceptors (Lipinski definition) is 3. The van der Waals surface area contributed by atoms with Crippen LogP contribution in [0.2, 0.25) is 0 Å². The minimum absolute atomic E-state index is 0.190. The normalized spacial score (nSPS) is 19.7. The highest BCUT2D eigenvalue weighted by atomic mass is 16.5. The summed E-state index contributed by atoms with van der Waals surface area (Å²) in [7, 11) is 0. The smallest absolute Gasteiger partial charge is 0.256 e. The molecule has 0 aromatic heterocycles. The zero-order valence-corrected chi connectivity index (χ0v) is 10.7. The fourth-order valence-corrected chi connectivity index (χ4v) is 1.95. The van der Waals surface area contributed by atoms with Crippen molar-refractivity contribution in [2.24, 2.45) is 0 Å². The third-order valence-corrected chi connectivity index (χ3v) is 2.99. The molecule has 1 N–H and O–H groups in total. The molecule has 0 aliphatic carbocycles. The van der Waals surface area contributed by atoms with Gasteiger partial charge in [-0.1, -0.05) is 45.4 Å². The Balaban J connectivity index is 1.91. The molecule has 1 heterocycles. The third-order valence-electron chi connectivity index (χ3n) is 2.99. The minimum atomic E-state index is -0.539. The van der Waals surface area contributed by atoms with Crippen LogP contribution >= 0.6 is 0 Å². The van der Waals surface area contributed by atoms with E-state index in [9.17, 15) is 9.59 Å². The molecule has 0 aromatic carbocycles. The second-order valence-corrected chi connectivity index (χ2v) is 4.60. The van der Waals surface area contributed by atoms with Crippen LogP contribution in [0.15, 0.2) is 0 Å². The molecular formula is C13H23NO3. The minimum Gasteiger partial charge on any atom is -0.368 e. The second kappa shape index (κ2) is 8.23. The molecule has 1 saturated heterocycles. The van der Waals surface area contributed by atoms with Gasteiger partial charge in [0, 0.05) is 6.61 Å². The summed E-state index contributed by atoms with van der Waals surface area (Å²) in [6, 6.07) is 0. The summed E-state index contributed by atoms with van der Waals surface area (Å²) in [5, 5.41) is 2.24. The van der Waals surface area contributed by atoms with Crippen LogP contribution in [-0.2, 0) is 14.3 Å². The van der Waals surface area contributed by atoms with Crippen molar-refractivity contribution < 1.29 is 14.3 Å². The van der Waals surface area contributed by atoms with E-state index in [0.717, 1.165) is 12.8 Å². The van der Waals surface area contributed by atoms with Crippen molar-refractivity contribution in [2.45, 2.75) is 64.4 Å². The van der Waals surface area contributed by atoms with Gasteiger partial charge in [0.1, 0.15) is 6.10 Å². The van der Waals surface area contributed by atoms with E-state index in [-0.39, 0.29) is 18.2 Å². The summed E-state index contributed by atoms with van der Waals surface area (Å²) in [5.41, 5.74) is 0. The van der Waals surface area contributed by atoms with Crippen molar-refractivity contribution in [1.82, 2.24) is 5.32 Å². The molecule has 0 saturated carbocycles. The number of ether oxygens (including phenoxy) is 1. The monoisotopic (exact) mass is 241 g/mol. The Labute approximate surface area is 103 Å². The zero-order chi connectivity index (χ0) is 12.5. The first-order valence-corrected chi connectivity index (χ1v) is 6.69. The summed E-state index contributed by atoms with van der Waals surface area (Å²) in [5.74, 6) is -0.502. The molecular weight excluding hydrogens is 218 g/mol. The molecule has 2 amide bonds. The van der Waals surface area contributed by atoms with Crippen LogP contribution in [0.5, 0.6) is 0 Å². The molecule has 1 aliphatic heterocycles. The maximum atomic E-state index is 11.2. The molecule has 0 aromatic rings. The molecule has 4 nitrogen and oxygen atoms in total. The first kappa shape index (κ1) is 14.2. The highest BCUT2D eigenvalue weighted by molar-refractivity contribution is 6.04. The van der Waals surface area contributed by atoms with Gasteiger partial charge >= 0.3 is 0 Å². The maximum Gasteiger partial charge on any atom is 0.256 e. The summed E-state index contributed by atoms with van der Waals surface area (Å²) < 4.78 is 5.38. The van der Waals surface area contributed by atoms with E-state index in [2.05, 4.69) is 12.2 Å². The highest BCUT2D eigenvalue weighted by Gasteiger charge is 2.30. The molecule has 98 valence electrons. The summed E-state index contributed by atoms with van der Waals surface area (Å²) in [6.45, 7) is 2.79. The first-order chi connectivity index (χ1) is 8.24. The lowest BCUT2D eigenvalue weighted by Crippen LogP contribution is -2.26. The fourth-order valence-electron chi connectivity index (χ4n) is 1.95. The van der Waals surface area contributed by atoms with Gasteiger partial charge < -0.3 is 4.74 Å². The summed E-state index contributed by atoms with van der Waals surface area (Å²) in [6.07, 6.45) is 8.20. The molecule has 0 spiro atoms. The quantitative estimate of drug-likeness (QED) is 0.497. The number of nitrogens with one attached hydrogen (secondary N) is 1. The van der Waals surface area contributed by atoms with Gasteiger partial charge in [-0.3, -0.25) is 14.9 Å². The Morgan fingerprint density at radius 1 is 1.12 bits per heavy atom. The fraction of sp³-hybridized carbons (Fsp3) is 0.846. The van der Waals surface area contributed by atoms with Gasteiger partial charge in [-0.25, -0.2) is 0 Å². The van der Waals surface area contributed by atoms with Crippen LogP contribution in [0.25, 0.3) is 0 Å². The average Bonchev–Trinajstić information content (AvgIpc) is 2.61. The molecule has 0 bridgehead atoms. The van der Waals surface area contributed by atoms with Crippen molar-refractivity contribution in [3.05, 3.63) is 0 Å². The molecule has 1 fully saturated rings. The van der Waals surface area contributed by atoms with Gasteiger partial charge in [0.2, 0.25) is 5.91 Å². The van der Waals surface area contributed by atoms with Gasteiger partial charge in [0.05, 0.1) is 6.42 Å². The van der Waals surface area contributed by atoms with E-state index in [1.807, 2.05) is 0 Å². The van der Waals surface area contributed by atoms with Gasteiger partial charge in [-0.2, -0.15) is 0 Å². The molecule has 1 aliphatic rings. The van der Waals surface area contributed by atoms with Gasteiger partial charge in [0.25, 0.3) is 5.91 Å². The number of carbonyl (C=O) groups is 2. The summed E-state index contributed by atoms with van der Waals surface area (Å²) in [4.78, 5) is 22.1. The number of imide groups is 1. The van der Waals surface area contributed by atoms with Crippen molar-refractivity contribution in [2.75, 3.05) is 6.61 Å². The Kier molecular flexibility index (Phi) is 6.86. The van der Waals surface area contributed by atoms with E-state index in [1.165, 1.54) is 32.1 Å². The van der Waals surface area contributed by atoms with E-state index < -0.39 is 6.10 Å². The Bertz CT molecular complexity index is 253. The topological polar surface area (TPSA) is 55.4 Å². The van der Waals surface area contributed by atoms with Gasteiger partial charge in [-0.05, 0) is 6.42 Å². The lowest BCUT2D eigenvalue weighted by Gasteiger charge is -2.07. The van der Waals surface area contributed by atoms with Crippen molar-refractivity contribution in [1.29, 1.82) is 0 Å². The van der Waals surface area contributed by atoms with Gasteiger partial charge in [-0.15, -0.1) is 0 Å². The zero-order valence-electron chi connectivity index (χ0n) is 10.7. The predicted molar refractivity (Wildman–Crippen MR) is 65.5 cm³/mol. The lowest BCUT2D eigenvalue weighted by atomic mass is 10.1. The van der Waals surface area contributed by atoms with Gasteiger partial charge in [0.15, 0.2) is 0 Å². The molecule has 0 radical (unpaired) electrons. The second-order valence-electron chi connectivity index (χ2n) is 4.60. The van der Waals surface area contributed by atoms with E-state index >= 15 is 0 Å². The number of rotatable bonds is 9. The Morgan fingerprint density at radius 2 is 1.76 bits per heavy atom. The third kappa shape index (κ3) is 5.82. The van der Waals surface area contributed by atoms with Crippen LogP contribution in [0, 0.1) is 0 Å². The molecule has 1 atom stereocenters. The number of amides is 2. The molecule has 1 rings (SSSR count). The van der Waals surface area contributed by atoms with Crippen LogP contribution in [0.4, 0.5) is 0 Å². The predicted octanol–water partition coefficient (Wildman–Crippen LogP) is 2.17. The molecule has 17 heavy (non-hydrogen) atoms. The molecule has 4 heteroatoms. The van der Waals surface area contributed by atoms with Crippen LogP contribution in [0.1, 0.15) is 58.3 Å². The van der Waals surface area contributed by atoms with E-state index in [4.69, 9.17) is 4.74 Å². The largest absolute Gasteiger partial charge is 0.368 e. The first-order valence-electron chi connectivity index (χ1n) is 6.69. The standard InChI is InChI=1S/C13H23NO3/c1-2-3-4-5-6-7-8-9-17-11-10-12(15)14-13(11)16/h11H,2-10H2,1H3,(H,14,15,16). The SMILES string of the molecule is CCCCCCCCCOC1CC(=O)NC1=O. The Hall–Kier alpha value is -0.900. The molecule has 1 unspecified atom stereocenters. The van der Waals surface area contributed by atoms with Crippen LogP contribution < -0.4 is 5.32 Å². The van der Waals surface area contributed by atoms with Crippen molar-refractivity contribution >= 4 is 11.8 Å².